The lowest BCUT2D eigenvalue weighted by Gasteiger charge is -2.39. The Bertz CT molecular complexity index is 2190. The van der Waals surface area contributed by atoms with Crippen LogP contribution in [0.5, 0.6) is 11.5 Å². The maximum Gasteiger partial charge on any atom is 0.264 e. The first-order chi connectivity index (χ1) is 28.5. The van der Waals surface area contributed by atoms with Gasteiger partial charge in [0.05, 0.1) is 65.6 Å². The fourth-order valence-corrected chi connectivity index (χ4v) is 14.3. The lowest BCUT2D eigenvalue weighted by Crippen LogP contribution is -2.52. The predicted molar refractivity (Wildman–Crippen MR) is 231 cm³/mol. The lowest BCUT2D eigenvalue weighted by molar-refractivity contribution is -0.151. The Morgan fingerprint density at radius 3 is 2.36 bits per heavy atom. The van der Waals surface area contributed by atoms with Crippen LogP contribution in [0.4, 0.5) is 11.4 Å². The number of piperidine rings is 1. The van der Waals surface area contributed by atoms with Gasteiger partial charge in [0.15, 0.2) is 5.60 Å². The van der Waals surface area contributed by atoms with E-state index >= 15 is 4.79 Å². The van der Waals surface area contributed by atoms with Gasteiger partial charge >= 0.3 is 0 Å². The van der Waals surface area contributed by atoms with Crippen molar-refractivity contribution in [3.63, 3.8) is 0 Å². The molecule has 2 fully saturated rings. The van der Waals surface area contributed by atoms with E-state index in [0.717, 1.165) is 53.1 Å². The highest BCUT2D eigenvalue weighted by atomic mass is 28.3. The number of hydrogen-bond donors (Lipinski definition) is 3. The molecule has 0 saturated carbocycles. The zero-order valence-electron chi connectivity index (χ0n) is 34.7. The molecule has 4 heterocycles. The number of carbonyl (C=O) groups excluding carboxylic acids is 3. The summed E-state index contributed by atoms with van der Waals surface area (Å²) in [7, 11) is 0.725. The number of anilines is 2. The SMILES string of the molecule is COc1ccc([Si](C)(C)[C@@H]2[C@@H](CC(=O)N3Cc4ccccc4C[C@H]3CO)O[C@]3(C(=O)N(Cc4ccc(NC(=O)C5CCCNC5)cc4)c4ccc(OC)cc43)[C@H]2C)cc1. The second-order valence-electron chi connectivity index (χ2n) is 17.2. The Balaban J connectivity index is 1.13. The molecule has 3 N–H and O–H groups in total. The topological polar surface area (TPSA) is 130 Å². The number of benzene rings is 4. The summed E-state index contributed by atoms with van der Waals surface area (Å²) in [6, 6.07) is 29.3. The molecule has 4 aromatic rings. The van der Waals surface area contributed by atoms with Crippen molar-refractivity contribution in [2.24, 2.45) is 11.8 Å². The van der Waals surface area contributed by atoms with E-state index in [0.29, 0.717) is 30.9 Å². The molecule has 0 radical (unpaired) electrons. The first-order valence-corrected chi connectivity index (χ1v) is 24.0. The maximum absolute atomic E-state index is 15.4. The average molecular weight is 817 g/mol. The van der Waals surface area contributed by atoms with Crippen molar-refractivity contribution in [2.75, 3.05) is 44.1 Å². The number of ether oxygens (including phenoxy) is 3. The minimum absolute atomic E-state index is 0.0116. The van der Waals surface area contributed by atoms with Crippen molar-refractivity contribution in [2.45, 2.75) is 82.1 Å². The lowest BCUT2D eigenvalue weighted by atomic mass is 9.82. The quantitative estimate of drug-likeness (QED) is 0.164. The van der Waals surface area contributed by atoms with E-state index in [1.807, 2.05) is 72.8 Å². The van der Waals surface area contributed by atoms with Crippen LogP contribution in [0.15, 0.2) is 91.0 Å². The third kappa shape index (κ3) is 7.45. The number of hydrogen-bond acceptors (Lipinski definition) is 8. The van der Waals surface area contributed by atoms with Crippen molar-refractivity contribution in [1.82, 2.24) is 10.2 Å². The second-order valence-corrected chi connectivity index (χ2v) is 21.9. The van der Waals surface area contributed by atoms with Gasteiger partial charge in [-0.2, -0.15) is 0 Å². The number of aliphatic hydroxyl groups is 1. The van der Waals surface area contributed by atoms with Gasteiger partial charge in [-0.05, 0) is 90.5 Å². The van der Waals surface area contributed by atoms with Crippen LogP contribution < -0.4 is 30.2 Å². The minimum Gasteiger partial charge on any atom is -0.497 e. The number of rotatable bonds is 11. The van der Waals surface area contributed by atoms with Crippen LogP contribution in [-0.4, -0.2) is 81.9 Å². The summed E-state index contributed by atoms with van der Waals surface area (Å²) in [6.07, 6.45) is 1.90. The van der Waals surface area contributed by atoms with E-state index in [1.54, 1.807) is 24.0 Å². The van der Waals surface area contributed by atoms with Gasteiger partial charge < -0.3 is 39.8 Å². The van der Waals surface area contributed by atoms with E-state index in [9.17, 15) is 14.7 Å². The fourth-order valence-electron chi connectivity index (χ4n) is 10.3. The van der Waals surface area contributed by atoms with Gasteiger partial charge in [0.1, 0.15) is 11.5 Å². The Hall–Kier alpha value is -5.01. The summed E-state index contributed by atoms with van der Waals surface area (Å²) >= 11 is 0. The smallest absolute Gasteiger partial charge is 0.264 e. The first kappa shape index (κ1) is 40.8. The van der Waals surface area contributed by atoms with Crippen LogP contribution in [0.2, 0.25) is 18.6 Å². The van der Waals surface area contributed by atoms with Gasteiger partial charge in [-0.3, -0.25) is 14.4 Å². The highest BCUT2D eigenvalue weighted by Gasteiger charge is 2.66. The van der Waals surface area contributed by atoms with E-state index in [-0.39, 0.29) is 60.7 Å². The molecule has 6 atom stereocenters. The standard InChI is InChI=1S/C47H56N4O7Si/c1-30-44(59(4,5)39-19-16-37(56-2)17-20-39)42(25-43(53)50-28-34-10-7-6-9-32(34)23-36(50)29-52)58-47(30)40-24-38(57-3)18-21-41(40)51(46(47)55)27-31-12-14-35(15-13-31)49-45(54)33-11-8-22-48-26-33/h6-7,9-10,12-21,24,30,33,36,42,44,48,52H,8,11,22-23,25-29H2,1-5H3,(H,49,54)/t30-,33?,36-,42+,44-,47+/m0/s1. The summed E-state index contributed by atoms with van der Waals surface area (Å²) in [5.41, 5.74) is 3.77. The van der Waals surface area contributed by atoms with E-state index in [4.69, 9.17) is 14.2 Å². The summed E-state index contributed by atoms with van der Waals surface area (Å²) in [4.78, 5) is 46.6. The maximum atomic E-state index is 15.4. The van der Waals surface area contributed by atoms with Crippen LogP contribution in [0.3, 0.4) is 0 Å². The van der Waals surface area contributed by atoms with Gasteiger partial charge in [-0.15, -0.1) is 0 Å². The highest BCUT2D eigenvalue weighted by molar-refractivity contribution is 6.91. The molecule has 4 aliphatic rings. The van der Waals surface area contributed by atoms with Crippen molar-refractivity contribution in [1.29, 1.82) is 0 Å². The summed E-state index contributed by atoms with van der Waals surface area (Å²) in [5, 5.41) is 18.1. The normalized spacial score (nSPS) is 25.1. The van der Waals surface area contributed by atoms with Crippen molar-refractivity contribution in [3.05, 3.63) is 113 Å². The number of nitrogens with one attached hydrogen (secondary N) is 2. The molecule has 0 aromatic heterocycles. The molecule has 8 rings (SSSR count). The van der Waals surface area contributed by atoms with Crippen LogP contribution in [0.25, 0.3) is 0 Å². The number of methoxy groups -OCH3 is 2. The predicted octanol–water partition coefficient (Wildman–Crippen LogP) is 5.74. The third-order valence-corrected chi connectivity index (χ3v) is 17.9. The third-order valence-electron chi connectivity index (χ3n) is 13.5. The Kier molecular flexibility index (Phi) is 11.4. The monoisotopic (exact) mass is 816 g/mol. The van der Waals surface area contributed by atoms with Gasteiger partial charge in [0.2, 0.25) is 11.8 Å². The number of aliphatic hydroxyl groups excluding tert-OH is 1. The second kappa shape index (κ2) is 16.6. The zero-order valence-corrected chi connectivity index (χ0v) is 35.7. The number of nitrogens with zero attached hydrogens (tertiary/aromatic N) is 2. The molecule has 310 valence electrons. The number of amides is 3. The molecule has 11 nitrogen and oxygen atoms in total. The summed E-state index contributed by atoms with van der Waals surface area (Å²) in [5.74, 6) is 0.733. The average Bonchev–Trinajstić information content (AvgIpc) is 3.69. The highest BCUT2D eigenvalue weighted by Crippen LogP contribution is 2.60. The molecule has 4 aliphatic heterocycles. The largest absolute Gasteiger partial charge is 0.497 e. The van der Waals surface area contributed by atoms with Crippen LogP contribution >= 0.6 is 0 Å². The molecule has 0 bridgehead atoms. The molecule has 2 saturated heterocycles. The van der Waals surface area contributed by atoms with E-state index in [1.165, 1.54) is 5.19 Å². The molecule has 1 unspecified atom stereocenters. The van der Waals surface area contributed by atoms with E-state index in [2.05, 4.69) is 48.9 Å². The van der Waals surface area contributed by atoms with Crippen LogP contribution in [0.1, 0.15) is 48.4 Å². The molecule has 1 spiro atoms. The van der Waals surface area contributed by atoms with Crippen molar-refractivity contribution in [3.8, 4) is 11.5 Å². The van der Waals surface area contributed by atoms with Crippen molar-refractivity contribution >= 4 is 42.4 Å². The van der Waals surface area contributed by atoms with Gasteiger partial charge in [0.25, 0.3) is 5.91 Å². The van der Waals surface area contributed by atoms with E-state index < -0.39 is 19.8 Å². The molecule has 59 heavy (non-hydrogen) atoms. The van der Waals surface area contributed by atoms with Crippen molar-refractivity contribution < 1.29 is 33.7 Å². The first-order valence-electron chi connectivity index (χ1n) is 20.9. The molecular formula is C47H56N4O7Si. The van der Waals surface area contributed by atoms with Crippen LogP contribution in [-0.2, 0) is 44.2 Å². The zero-order chi connectivity index (χ0) is 41.5. The molecule has 12 heteroatoms. The van der Waals surface area contributed by atoms with Crippen LogP contribution in [0, 0.1) is 11.8 Å². The van der Waals surface area contributed by atoms with Gasteiger partial charge in [-0.1, -0.05) is 73.7 Å². The fraction of sp³-hybridized carbons (Fsp3) is 0.426. The molecular weight excluding hydrogens is 761 g/mol. The molecule has 0 aliphatic carbocycles. The summed E-state index contributed by atoms with van der Waals surface area (Å²) in [6.45, 7) is 8.89. The molecule has 4 aromatic carbocycles. The molecule has 3 amide bonds. The van der Waals surface area contributed by atoms with Gasteiger partial charge in [-0.25, -0.2) is 0 Å². The minimum atomic E-state index is -2.54. The Morgan fingerprint density at radius 2 is 1.68 bits per heavy atom. The number of fused-ring (bicyclic) bond motifs is 3. The number of carbonyl (C=O) groups is 3. The summed E-state index contributed by atoms with van der Waals surface area (Å²) < 4.78 is 18.6. The Labute approximate surface area is 348 Å². The Morgan fingerprint density at radius 1 is 0.966 bits per heavy atom. The van der Waals surface area contributed by atoms with Gasteiger partial charge in [0, 0.05) is 30.3 Å².